The molecule has 6 nitrogen and oxygen atoms in total. The Morgan fingerprint density at radius 3 is 2.56 bits per heavy atom. The summed E-state index contributed by atoms with van der Waals surface area (Å²) in [5, 5.41) is 3.30. The van der Waals surface area contributed by atoms with Gasteiger partial charge in [0.05, 0.1) is 6.33 Å². The highest BCUT2D eigenvalue weighted by Crippen LogP contribution is 2.17. The van der Waals surface area contributed by atoms with E-state index in [0.717, 1.165) is 28.2 Å². The van der Waals surface area contributed by atoms with Crippen molar-refractivity contribution in [1.29, 1.82) is 0 Å². The van der Waals surface area contributed by atoms with Gasteiger partial charge in [-0.05, 0) is 23.3 Å². The monoisotopic (exact) mass is 331 g/mol. The number of hydrogen-bond donors (Lipinski definition) is 2. The highest BCUT2D eigenvalue weighted by molar-refractivity contribution is 5.81. The van der Waals surface area contributed by atoms with Gasteiger partial charge in [-0.3, -0.25) is 0 Å². The molecule has 4 aromatic rings. The van der Waals surface area contributed by atoms with Gasteiger partial charge in [0.2, 0.25) is 0 Å². The number of hydrogen-bond acceptors (Lipinski definition) is 5. The van der Waals surface area contributed by atoms with Crippen LogP contribution < -0.4 is 10.1 Å². The van der Waals surface area contributed by atoms with Crippen molar-refractivity contribution in [2.45, 2.75) is 13.2 Å². The topological polar surface area (TPSA) is 75.7 Å². The molecule has 0 saturated carbocycles. The van der Waals surface area contributed by atoms with E-state index in [-0.39, 0.29) is 0 Å². The van der Waals surface area contributed by atoms with Crippen LogP contribution in [0.3, 0.4) is 0 Å². The van der Waals surface area contributed by atoms with Gasteiger partial charge in [-0.15, -0.1) is 0 Å². The number of aromatic nitrogens is 4. The number of rotatable bonds is 6. The van der Waals surface area contributed by atoms with E-state index in [1.807, 2.05) is 42.5 Å². The lowest BCUT2D eigenvalue weighted by atomic mass is 10.2. The van der Waals surface area contributed by atoms with Crippen molar-refractivity contribution in [3.8, 4) is 5.75 Å². The number of benzene rings is 2. The van der Waals surface area contributed by atoms with Crippen molar-refractivity contribution < 1.29 is 4.74 Å². The van der Waals surface area contributed by atoms with E-state index in [1.54, 1.807) is 6.33 Å². The molecule has 4 rings (SSSR count). The summed E-state index contributed by atoms with van der Waals surface area (Å²) >= 11 is 0. The minimum atomic E-state index is 0.567. The quantitative estimate of drug-likeness (QED) is 0.565. The van der Waals surface area contributed by atoms with Gasteiger partial charge in [0, 0.05) is 6.54 Å². The molecule has 0 saturated heterocycles. The fraction of sp³-hybridized carbons (Fsp3) is 0.105. The highest BCUT2D eigenvalue weighted by Gasteiger charge is 2.05. The maximum absolute atomic E-state index is 5.80. The molecule has 2 heterocycles. The Balaban J connectivity index is 1.36. The lowest BCUT2D eigenvalue weighted by Gasteiger charge is -2.09. The molecule has 0 unspecified atom stereocenters. The molecule has 0 fully saturated rings. The Morgan fingerprint density at radius 1 is 0.880 bits per heavy atom. The number of anilines is 1. The van der Waals surface area contributed by atoms with Crippen LogP contribution in [0.1, 0.15) is 11.1 Å². The fourth-order valence-electron chi connectivity index (χ4n) is 2.53. The van der Waals surface area contributed by atoms with Gasteiger partial charge in [0.15, 0.2) is 11.5 Å². The van der Waals surface area contributed by atoms with Crippen LogP contribution in [0.2, 0.25) is 0 Å². The van der Waals surface area contributed by atoms with E-state index in [4.69, 9.17) is 4.74 Å². The van der Waals surface area contributed by atoms with Gasteiger partial charge in [-0.25, -0.2) is 15.0 Å². The van der Waals surface area contributed by atoms with Crippen LogP contribution in [0.4, 0.5) is 5.82 Å². The largest absolute Gasteiger partial charge is 0.489 e. The zero-order valence-electron chi connectivity index (χ0n) is 13.5. The zero-order valence-corrected chi connectivity index (χ0v) is 13.5. The number of ether oxygens (including phenoxy) is 1. The van der Waals surface area contributed by atoms with Gasteiger partial charge in [0.1, 0.15) is 24.2 Å². The van der Waals surface area contributed by atoms with Crippen LogP contribution in [0.25, 0.3) is 11.2 Å². The first-order valence-electron chi connectivity index (χ1n) is 8.02. The molecule has 2 aromatic carbocycles. The molecule has 0 amide bonds. The molecule has 0 bridgehead atoms. The second kappa shape index (κ2) is 7.00. The van der Waals surface area contributed by atoms with E-state index >= 15 is 0 Å². The lowest BCUT2D eigenvalue weighted by Crippen LogP contribution is -2.02. The lowest BCUT2D eigenvalue weighted by molar-refractivity contribution is 0.306. The summed E-state index contributed by atoms with van der Waals surface area (Å²) in [5.41, 5.74) is 3.76. The smallest absolute Gasteiger partial charge is 0.182 e. The van der Waals surface area contributed by atoms with Crippen molar-refractivity contribution in [2.24, 2.45) is 0 Å². The van der Waals surface area contributed by atoms with Gasteiger partial charge >= 0.3 is 0 Å². The Kier molecular flexibility index (Phi) is 4.24. The third-order valence-electron chi connectivity index (χ3n) is 3.85. The molecule has 6 heteroatoms. The van der Waals surface area contributed by atoms with Crippen LogP contribution in [0, 0.1) is 0 Å². The third-order valence-corrected chi connectivity index (χ3v) is 3.85. The van der Waals surface area contributed by atoms with E-state index in [0.29, 0.717) is 18.8 Å². The molecule has 0 aliphatic rings. The molecule has 2 aromatic heterocycles. The average molecular weight is 331 g/mol. The summed E-state index contributed by atoms with van der Waals surface area (Å²) in [6.07, 6.45) is 3.12. The van der Waals surface area contributed by atoms with Crippen molar-refractivity contribution in [1.82, 2.24) is 19.9 Å². The molecule has 0 spiro atoms. The van der Waals surface area contributed by atoms with E-state index in [2.05, 4.69) is 37.4 Å². The number of fused-ring (bicyclic) bond motifs is 1. The Labute approximate surface area is 144 Å². The van der Waals surface area contributed by atoms with Crippen LogP contribution in [-0.4, -0.2) is 19.9 Å². The SMILES string of the molecule is c1ccc(COc2ccc(CNc3ncnc4nc[nH]c34)cc2)cc1. The summed E-state index contributed by atoms with van der Waals surface area (Å²) in [6.45, 7) is 1.22. The number of aromatic amines is 1. The summed E-state index contributed by atoms with van der Waals surface area (Å²) in [5.74, 6) is 1.59. The predicted molar refractivity (Wildman–Crippen MR) is 96.2 cm³/mol. The van der Waals surface area contributed by atoms with Gasteiger partial charge < -0.3 is 15.0 Å². The minimum Gasteiger partial charge on any atom is -0.489 e. The summed E-state index contributed by atoms with van der Waals surface area (Å²) in [4.78, 5) is 15.5. The van der Waals surface area contributed by atoms with Crippen molar-refractivity contribution in [3.05, 3.63) is 78.4 Å². The van der Waals surface area contributed by atoms with Crippen LogP contribution in [0.5, 0.6) is 5.75 Å². The van der Waals surface area contributed by atoms with Gasteiger partial charge in [-0.1, -0.05) is 42.5 Å². The maximum atomic E-state index is 5.80. The number of nitrogens with one attached hydrogen (secondary N) is 2. The molecule has 2 N–H and O–H groups in total. The molecule has 0 radical (unpaired) electrons. The normalized spacial score (nSPS) is 10.7. The second-order valence-corrected chi connectivity index (χ2v) is 5.60. The van der Waals surface area contributed by atoms with Gasteiger partial charge in [0.25, 0.3) is 0 Å². The van der Waals surface area contributed by atoms with Crippen LogP contribution in [-0.2, 0) is 13.2 Å². The second-order valence-electron chi connectivity index (χ2n) is 5.60. The average Bonchev–Trinajstić information content (AvgIpc) is 3.16. The minimum absolute atomic E-state index is 0.567. The third kappa shape index (κ3) is 3.58. The molecular formula is C19H17N5O. The summed E-state index contributed by atoms with van der Waals surface area (Å²) < 4.78 is 5.80. The Hall–Kier alpha value is -3.41. The maximum Gasteiger partial charge on any atom is 0.182 e. The number of nitrogens with zero attached hydrogens (tertiary/aromatic N) is 3. The first-order chi connectivity index (χ1) is 12.4. The molecule has 124 valence electrons. The fourth-order valence-corrected chi connectivity index (χ4v) is 2.53. The van der Waals surface area contributed by atoms with Crippen LogP contribution in [0.15, 0.2) is 67.3 Å². The molecule has 0 aliphatic carbocycles. The number of H-pyrrole nitrogens is 1. The van der Waals surface area contributed by atoms with Crippen molar-refractivity contribution >= 4 is 17.0 Å². The summed E-state index contributed by atoms with van der Waals surface area (Å²) in [6, 6.07) is 18.2. The predicted octanol–water partition coefficient (Wildman–Crippen LogP) is 3.54. The molecule has 0 aliphatic heterocycles. The highest BCUT2D eigenvalue weighted by atomic mass is 16.5. The van der Waals surface area contributed by atoms with E-state index in [9.17, 15) is 0 Å². The van der Waals surface area contributed by atoms with Crippen LogP contribution >= 0.6 is 0 Å². The van der Waals surface area contributed by atoms with E-state index < -0.39 is 0 Å². The molecule has 25 heavy (non-hydrogen) atoms. The number of imidazole rings is 1. The summed E-state index contributed by atoms with van der Waals surface area (Å²) in [7, 11) is 0. The Morgan fingerprint density at radius 2 is 1.72 bits per heavy atom. The van der Waals surface area contributed by atoms with Crippen molar-refractivity contribution in [2.75, 3.05) is 5.32 Å². The first-order valence-corrected chi connectivity index (χ1v) is 8.02. The van der Waals surface area contributed by atoms with Crippen molar-refractivity contribution in [3.63, 3.8) is 0 Å². The van der Waals surface area contributed by atoms with E-state index in [1.165, 1.54) is 6.33 Å². The molecular weight excluding hydrogens is 314 g/mol. The first kappa shape index (κ1) is 15.1. The zero-order chi connectivity index (χ0) is 16.9. The van der Waals surface area contributed by atoms with Gasteiger partial charge in [-0.2, -0.15) is 0 Å². The molecule has 0 atom stereocenters. The Bertz CT molecular complexity index is 950. The standard InChI is InChI=1S/C19H17N5O/c1-2-4-15(5-3-1)11-25-16-8-6-14(7-9-16)10-20-18-17-19(22-12-21-17)24-13-23-18/h1-9,12-13H,10-11H2,(H2,20,21,22,23,24).